The van der Waals surface area contributed by atoms with Gasteiger partial charge in [-0.3, -0.25) is 5.32 Å². The molecule has 3 aromatic carbocycles. The van der Waals surface area contributed by atoms with E-state index < -0.39 is 24.3 Å². The van der Waals surface area contributed by atoms with Crippen LogP contribution in [-0.4, -0.2) is 41.6 Å². The van der Waals surface area contributed by atoms with Gasteiger partial charge in [-0.25, -0.2) is 9.59 Å². The van der Waals surface area contributed by atoms with Gasteiger partial charge in [-0.05, 0) is 50.1 Å². The highest BCUT2D eigenvalue weighted by molar-refractivity contribution is 5.84. The molecule has 194 valence electrons. The van der Waals surface area contributed by atoms with Gasteiger partial charge in [0.25, 0.3) is 0 Å². The molecular weight excluding hydrogens is 474 g/mol. The number of aryl methyl sites for hydroxylation is 1. The topological polar surface area (TPSA) is 114 Å². The largest absolute Gasteiger partial charge is 0.491 e. The quantitative estimate of drug-likeness (QED) is 0.262. The van der Waals surface area contributed by atoms with Crippen LogP contribution in [0.3, 0.4) is 0 Å². The second-order valence-corrected chi connectivity index (χ2v) is 8.21. The number of nitrogens with one attached hydrogen (secondary N) is 1. The summed E-state index contributed by atoms with van der Waals surface area (Å²) in [5.41, 5.74) is 2.18. The second-order valence-electron chi connectivity index (χ2n) is 8.21. The minimum Gasteiger partial charge on any atom is -0.491 e. The van der Waals surface area contributed by atoms with Crippen LogP contribution in [-0.2, 0) is 9.53 Å². The van der Waals surface area contributed by atoms with Crippen LogP contribution in [0.5, 0.6) is 11.5 Å². The van der Waals surface area contributed by atoms with Crippen molar-refractivity contribution in [1.82, 2.24) is 0 Å². The van der Waals surface area contributed by atoms with Crippen molar-refractivity contribution in [1.29, 1.82) is 0 Å². The summed E-state index contributed by atoms with van der Waals surface area (Å²) in [4.78, 5) is 24.0. The molecule has 8 heteroatoms. The molecular formula is C29H31NO7. The number of hydrogen-bond acceptors (Lipinski definition) is 6. The molecule has 1 amide bonds. The van der Waals surface area contributed by atoms with Gasteiger partial charge in [0, 0.05) is 17.3 Å². The maximum Gasteiger partial charge on any atom is 0.412 e. The summed E-state index contributed by atoms with van der Waals surface area (Å²) in [5, 5.41) is 21.0. The van der Waals surface area contributed by atoms with Crippen LogP contribution in [0.2, 0.25) is 0 Å². The first-order valence-electron chi connectivity index (χ1n) is 11.9. The fourth-order valence-corrected chi connectivity index (χ4v) is 3.63. The number of para-hydroxylation sites is 2. The number of anilines is 1. The Balaban J connectivity index is 1.94. The van der Waals surface area contributed by atoms with E-state index in [0.29, 0.717) is 35.6 Å². The Labute approximate surface area is 216 Å². The highest BCUT2D eigenvalue weighted by Crippen LogP contribution is 2.34. The number of carbonyl (C=O) groups is 2. The molecule has 3 N–H and O–H groups in total. The van der Waals surface area contributed by atoms with E-state index in [2.05, 4.69) is 5.32 Å². The summed E-state index contributed by atoms with van der Waals surface area (Å²) in [6.07, 6.45) is 1.01. The van der Waals surface area contributed by atoms with E-state index in [-0.39, 0.29) is 13.2 Å². The van der Waals surface area contributed by atoms with Crippen molar-refractivity contribution in [3.63, 3.8) is 0 Å². The first kappa shape index (κ1) is 27.3. The number of aliphatic hydroxyl groups excluding tert-OH is 1. The average molecular weight is 506 g/mol. The zero-order valence-electron chi connectivity index (χ0n) is 20.6. The SMILES string of the molecule is Cc1ccc(NC(=O)O[C@H](c2ccccc2OCCO)[C@@H](CC/C=C/C(=O)O)Oc2ccccc2)cc1. The van der Waals surface area contributed by atoms with Crippen LogP contribution in [0.1, 0.15) is 30.1 Å². The minimum absolute atomic E-state index is 0.0604. The van der Waals surface area contributed by atoms with Crippen LogP contribution in [0, 0.1) is 6.92 Å². The predicted octanol–water partition coefficient (Wildman–Crippen LogP) is 5.52. The molecule has 0 aliphatic rings. The third kappa shape index (κ3) is 9.01. The number of amides is 1. The van der Waals surface area contributed by atoms with Crippen molar-refractivity contribution in [2.45, 2.75) is 32.0 Å². The van der Waals surface area contributed by atoms with Crippen molar-refractivity contribution in [3.8, 4) is 11.5 Å². The monoisotopic (exact) mass is 505 g/mol. The van der Waals surface area contributed by atoms with E-state index in [1.165, 1.54) is 6.08 Å². The number of hydrogen-bond donors (Lipinski definition) is 3. The fraction of sp³-hybridized carbons (Fsp3) is 0.241. The molecule has 3 aromatic rings. The molecule has 0 unspecified atom stereocenters. The second kappa shape index (κ2) is 14.3. The number of allylic oxidation sites excluding steroid dienone is 1. The molecule has 0 aromatic heterocycles. The van der Waals surface area contributed by atoms with E-state index in [1.54, 1.807) is 48.5 Å². The first-order valence-corrected chi connectivity index (χ1v) is 11.9. The van der Waals surface area contributed by atoms with Crippen molar-refractivity contribution < 1.29 is 34.0 Å². The molecule has 0 aliphatic carbocycles. The molecule has 0 bridgehead atoms. The molecule has 0 heterocycles. The summed E-state index contributed by atoms with van der Waals surface area (Å²) < 4.78 is 17.9. The van der Waals surface area contributed by atoms with Gasteiger partial charge >= 0.3 is 12.1 Å². The third-order valence-electron chi connectivity index (χ3n) is 5.35. The molecule has 0 saturated heterocycles. The van der Waals surface area contributed by atoms with Gasteiger partial charge in [0.15, 0.2) is 6.10 Å². The Kier molecular flexibility index (Phi) is 10.6. The predicted molar refractivity (Wildman–Crippen MR) is 140 cm³/mol. The number of carboxylic acids is 1. The Morgan fingerprint density at radius 2 is 1.68 bits per heavy atom. The number of aliphatic hydroxyl groups is 1. The van der Waals surface area contributed by atoms with Gasteiger partial charge in [0.05, 0.1) is 6.61 Å². The zero-order valence-corrected chi connectivity index (χ0v) is 20.6. The Morgan fingerprint density at radius 1 is 0.973 bits per heavy atom. The summed E-state index contributed by atoms with van der Waals surface area (Å²) in [6.45, 7) is 1.83. The van der Waals surface area contributed by atoms with Crippen molar-refractivity contribution in [2.75, 3.05) is 18.5 Å². The zero-order chi connectivity index (χ0) is 26.5. The van der Waals surface area contributed by atoms with E-state index >= 15 is 0 Å². The summed E-state index contributed by atoms with van der Waals surface area (Å²) in [6, 6.07) is 23.5. The first-order chi connectivity index (χ1) is 18.0. The molecule has 0 aliphatic heterocycles. The lowest BCUT2D eigenvalue weighted by atomic mass is 9.99. The van der Waals surface area contributed by atoms with Crippen LogP contribution < -0.4 is 14.8 Å². The third-order valence-corrected chi connectivity index (χ3v) is 5.35. The van der Waals surface area contributed by atoms with Crippen molar-refractivity contribution in [2.24, 2.45) is 0 Å². The van der Waals surface area contributed by atoms with Crippen LogP contribution in [0.4, 0.5) is 10.5 Å². The molecule has 0 radical (unpaired) electrons. The number of benzene rings is 3. The summed E-state index contributed by atoms with van der Waals surface area (Å²) in [5.74, 6) is -0.0445. The maximum absolute atomic E-state index is 13.0. The Morgan fingerprint density at radius 3 is 2.38 bits per heavy atom. The number of rotatable bonds is 13. The number of ether oxygens (including phenoxy) is 3. The minimum atomic E-state index is -1.05. The van der Waals surface area contributed by atoms with Crippen LogP contribution in [0.25, 0.3) is 0 Å². The molecule has 3 rings (SSSR count). The van der Waals surface area contributed by atoms with Gasteiger partial charge in [0.1, 0.15) is 24.2 Å². The lowest BCUT2D eigenvalue weighted by molar-refractivity contribution is -0.131. The lowest BCUT2D eigenvalue weighted by Gasteiger charge is -2.29. The standard InChI is InChI=1S/C29H31NO7/c1-21-15-17-22(18-16-21)30-29(34)37-28(24-11-5-6-12-25(24)35-20-19-31)26(13-7-8-14-27(32)33)36-23-9-3-2-4-10-23/h2-6,8-12,14-18,26,28,31H,7,13,19-20H2,1H3,(H,30,34)(H,32,33)/b14-8+/t26-,28-/m1/s1. The van der Waals surface area contributed by atoms with Crippen LogP contribution >= 0.6 is 0 Å². The van der Waals surface area contributed by atoms with Gasteiger partial charge in [0.2, 0.25) is 0 Å². The summed E-state index contributed by atoms with van der Waals surface area (Å²) in [7, 11) is 0. The number of aliphatic carboxylic acids is 1. The highest BCUT2D eigenvalue weighted by atomic mass is 16.6. The highest BCUT2D eigenvalue weighted by Gasteiger charge is 2.31. The molecule has 2 atom stereocenters. The van der Waals surface area contributed by atoms with Gasteiger partial charge in [-0.15, -0.1) is 0 Å². The molecule has 37 heavy (non-hydrogen) atoms. The maximum atomic E-state index is 13.0. The van der Waals surface area contributed by atoms with Crippen molar-refractivity contribution >= 4 is 17.7 Å². The Bertz CT molecular complexity index is 1160. The number of carboxylic acid groups (broad SMARTS) is 1. The van der Waals surface area contributed by atoms with Gasteiger partial charge < -0.3 is 24.4 Å². The molecule has 0 spiro atoms. The van der Waals surface area contributed by atoms with Gasteiger partial charge in [-0.2, -0.15) is 0 Å². The lowest BCUT2D eigenvalue weighted by Crippen LogP contribution is -2.31. The fourth-order valence-electron chi connectivity index (χ4n) is 3.63. The molecule has 0 fully saturated rings. The molecule has 8 nitrogen and oxygen atoms in total. The van der Waals surface area contributed by atoms with E-state index in [9.17, 15) is 14.7 Å². The average Bonchev–Trinajstić information content (AvgIpc) is 2.90. The van der Waals surface area contributed by atoms with E-state index in [1.807, 2.05) is 37.3 Å². The van der Waals surface area contributed by atoms with E-state index in [0.717, 1.165) is 11.6 Å². The number of carbonyl (C=O) groups excluding carboxylic acids is 1. The van der Waals surface area contributed by atoms with Crippen molar-refractivity contribution in [3.05, 3.63) is 102 Å². The Hall–Kier alpha value is -4.30. The molecule has 0 saturated carbocycles. The van der Waals surface area contributed by atoms with Gasteiger partial charge in [-0.1, -0.05) is 60.2 Å². The van der Waals surface area contributed by atoms with Crippen LogP contribution in [0.15, 0.2) is 91.0 Å². The van der Waals surface area contributed by atoms with E-state index in [4.69, 9.17) is 19.3 Å². The smallest absolute Gasteiger partial charge is 0.412 e. The normalized spacial score (nSPS) is 12.5. The summed E-state index contributed by atoms with van der Waals surface area (Å²) >= 11 is 0.